The summed E-state index contributed by atoms with van der Waals surface area (Å²) in [4.78, 5) is 20.7. The van der Waals surface area contributed by atoms with Gasteiger partial charge >= 0.3 is 0 Å². The molecule has 0 spiro atoms. The van der Waals surface area contributed by atoms with Crippen LogP contribution in [0.15, 0.2) is 55.0 Å². The minimum atomic E-state index is -0.223. The lowest BCUT2D eigenvalue weighted by Gasteiger charge is -2.24. The monoisotopic (exact) mass is 460 g/mol. The highest BCUT2D eigenvalue weighted by atomic mass is 19.1. The quantitative estimate of drug-likeness (QED) is 0.308. The number of ether oxygens (including phenoxy) is 1. The molecule has 176 valence electrons. The largest absolute Gasteiger partial charge is 0.356 e. The van der Waals surface area contributed by atoms with Gasteiger partial charge in [-0.15, -0.1) is 0 Å². The molecule has 0 aliphatic carbocycles. The number of pyridine rings is 1. The molecule has 1 aromatic carbocycles. The Balaban J connectivity index is 1.31. The van der Waals surface area contributed by atoms with E-state index in [-0.39, 0.29) is 23.7 Å². The van der Waals surface area contributed by atoms with E-state index in [9.17, 15) is 9.18 Å². The molecule has 7 heteroatoms. The van der Waals surface area contributed by atoms with Crippen LogP contribution in [-0.4, -0.2) is 32.1 Å². The van der Waals surface area contributed by atoms with Gasteiger partial charge in [-0.3, -0.25) is 4.79 Å². The number of H-pyrrole nitrogens is 1. The smallest absolute Gasteiger partial charge is 0.165 e. The normalized spacial score (nSPS) is 17.2. The Morgan fingerprint density at radius 3 is 3.03 bits per heavy atom. The van der Waals surface area contributed by atoms with Gasteiger partial charge in [0.1, 0.15) is 11.5 Å². The van der Waals surface area contributed by atoms with Crippen LogP contribution in [0.5, 0.6) is 0 Å². The van der Waals surface area contributed by atoms with Crippen molar-refractivity contribution in [2.75, 3.05) is 6.61 Å². The van der Waals surface area contributed by atoms with Crippen LogP contribution in [0.25, 0.3) is 22.3 Å². The third kappa shape index (κ3) is 4.66. The average molecular weight is 461 g/mol. The van der Waals surface area contributed by atoms with Crippen LogP contribution in [0.2, 0.25) is 0 Å². The molecule has 1 unspecified atom stereocenters. The first-order valence-electron chi connectivity index (χ1n) is 12.0. The number of aromatic nitrogens is 4. The first-order valence-corrected chi connectivity index (χ1v) is 12.0. The lowest BCUT2D eigenvalue weighted by Crippen LogP contribution is -2.19. The molecule has 2 atom stereocenters. The van der Waals surface area contributed by atoms with Crippen molar-refractivity contribution >= 4 is 16.8 Å². The molecule has 1 aliphatic heterocycles. The summed E-state index contributed by atoms with van der Waals surface area (Å²) >= 11 is 0. The first kappa shape index (κ1) is 22.5. The van der Waals surface area contributed by atoms with Gasteiger partial charge in [0.2, 0.25) is 0 Å². The zero-order valence-electron chi connectivity index (χ0n) is 19.3. The zero-order valence-corrected chi connectivity index (χ0v) is 19.3. The lowest BCUT2D eigenvalue weighted by molar-refractivity contribution is -0.0383. The third-order valence-electron chi connectivity index (χ3n) is 6.68. The average Bonchev–Trinajstić information content (AvgIpc) is 3.51. The van der Waals surface area contributed by atoms with Crippen molar-refractivity contribution in [1.29, 1.82) is 0 Å². The number of benzene rings is 1. The summed E-state index contributed by atoms with van der Waals surface area (Å²) in [6, 6.07) is 10.7. The molecule has 1 N–H and O–H groups in total. The zero-order chi connectivity index (χ0) is 23.5. The maximum absolute atomic E-state index is 13.5. The van der Waals surface area contributed by atoms with Gasteiger partial charge in [-0.2, -0.15) is 5.10 Å². The van der Waals surface area contributed by atoms with Crippen LogP contribution in [-0.2, 0) is 4.74 Å². The number of hydrogen-bond donors (Lipinski definition) is 1. The first-order chi connectivity index (χ1) is 16.6. The number of hydrogen-bond acceptors (Lipinski definition) is 4. The Kier molecular flexibility index (Phi) is 6.54. The van der Waals surface area contributed by atoms with E-state index in [4.69, 9.17) is 4.74 Å². The Morgan fingerprint density at radius 2 is 2.21 bits per heavy atom. The lowest BCUT2D eigenvalue weighted by atomic mass is 9.94. The number of aromatic amines is 1. The van der Waals surface area contributed by atoms with E-state index >= 15 is 0 Å². The number of carbonyl (C=O) groups excluding carboxylic acids is 1. The molecule has 0 saturated carbocycles. The van der Waals surface area contributed by atoms with Gasteiger partial charge in [0.15, 0.2) is 12.0 Å². The van der Waals surface area contributed by atoms with Crippen LogP contribution >= 0.6 is 0 Å². The number of Topliss-reactive ketones (excluding diaryl/α,β-unsaturated/α-hetero) is 1. The second-order valence-corrected chi connectivity index (χ2v) is 9.08. The number of halogens is 1. The summed E-state index contributed by atoms with van der Waals surface area (Å²) in [6.45, 7) is 2.82. The summed E-state index contributed by atoms with van der Waals surface area (Å²) in [5, 5.41) is 5.31. The predicted octanol–water partition coefficient (Wildman–Crippen LogP) is 6.42. The van der Waals surface area contributed by atoms with E-state index in [0.717, 1.165) is 60.9 Å². The van der Waals surface area contributed by atoms with Crippen molar-refractivity contribution in [2.24, 2.45) is 0 Å². The van der Waals surface area contributed by atoms with Crippen molar-refractivity contribution in [1.82, 2.24) is 19.7 Å². The van der Waals surface area contributed by atoms with Crippen molar-refractivity contribution in [2.45, 2.75) is 57.6 Å². The fraction of sp³-hybridized carbons (Fsp3) is 0.370. The van der Waals surface area contributed by atoms with Crippen LogP contribution in [0.3, 0.4) is 0 Å². The van der Waals surface area contributed by atoms with Gasteiger partial charge in [-0.25, -0.2) is 14.1 Å². The van der Waals surface area contributed by atoms with Crippen molar-refractivity contribution in [3.05, 3.63) is 71.9 Å². The molecular formula is C27H29FN4O2. The molecule has 4 heterocycles. The Morgan fingerprint density at radius 1 is 1.29 bits per heavy atom. The molecule has 4 aromatic rings. The van der Waals surface area contributed by atoms with Crippen LogP contribution in [0.4, 0.5) is 4.39 Å². The standard InChI is InChI=1S/C27H29FN4O2/c1-18(19-7-5-8-21(28)14-19)6-4-9-25(33)23-17-30-27-22(23)15-20(16-29-27)24-11-12-31-32(24)26-10-2-3-13-34-26/h5,7-8,11-12,14-18,26H,2-4,6,9-10,13H2,1H3,(H,29,30)/t18-,26?/m1/s1. The van der Waals surface area contributed by atoms with Gasteiger partial charge < -0.3 is 9.72 Å². The van der Waals surface area contributed by atoms with Crippen molar-refractivity contribution in [3.63, 3.8) is 0 Å². The molecule has 1 saturated heterocycles. The maximum Gasteiger partial charge on any atom is 0.165 e. The Hall–Kier alpha value is -3.32. The van der Waals surface area contributed by atoms with E-state index < -0.39 is 0 Å². The summed E-state index contributed by atoms with van der Waals surface area (Å²) in [6.07, 6.45) is 10.4. The Bertz CT molecular complexity index is 1290. The number of nitrogens with zero attached hydrogens (tertiary/aromatic N) is 3. The van der Waals surface area contributed by atoms with Crippen LogP contribution < -0.4 is 0 Å². The van der Waals surface area contributed by atoms with E-state index in [0.29, 0.717) is 17.6 Å². The van der Waals surface area contributed by atoms with Gasteiger partial charge in [0.25, 0.3) is 0 Å². The fourth-order valence-electron chi connectivity index (χ4n) is 4.75. The molecule has 0 bridgehead atoms. The topological polar surface area (TPSA) is 72.8 Å². The highest BCUT2D eigenvalue weighted by molar-refractivity contribution is 6.07. The summed E-state index contributed by atoms with van der Waals surface area (Å²) < 4.78 is 21.3. The van der Waals surface area contributed by atoms with Crippen molar-refractivity contribution in [3.8, 4) is 11.3 Å². The van der Waals surface area contributed by atoms with E-state index in [1.807, 2.05) is 29.1 Å². The Labute approximate surface area is 198 Å². The number of rotatable bonds is 8. The maximum atomic E-state index is 13.5. The van der Waals surface area contributed by atoms with E-state index in [2.05, 4.69) is 22.0 Å². The van der Waals surface area contributed by atoms with E-state index in [1.165, 1.54) is 6.07 Å². The summed E-state index contributed by atoms with van der Waals surface area (Å²) in [7, 11) is 0. The van der Waals surface area contributed by atoms with Gasteiger partial charge in [0, 0.05) is 48.1 Å². The predicted molar refractivity (Wildman–Crippen MR) is 129 cm³/mol. The minimum Gasteiger partial charge on any atom is -0.356 e. The number of nitrogens with one attached hydrogen (secondary N) is 1. The van der Waals surface area contributed by atoms with Gasteiger partial charge in [0.05, 0.1) is 5.69 Å². The molecule has 1 aliphatic rings. The summed E-state index contributed by atoms with van der Waals surface area (Å²) in [5.74, 6) is 0.0571. The molecular weight excluding hydrogens is 431 g/mol. The molecule has 0 radical (unpaired) electrons. The van der Waals surface area contributed by atoms with Crippen LogP contribution in [0, 0.1) is 5.82 Å². The number of carbonyl (C=O) groups is 1. The fourth-order valence-corrected chi connectivity index (χ4v) is 4.75. The number of fused-ring (bicyclic) bond motifs is 1. The van der Waals surface area contributed by atoms with Crippen LogP contribution in [0.1, 0.15) is 73.5 Å². The second kappa shape index (κ2) is 9.89. The highest BCUT2D eigenvalue weighted by Gasteiger charge is 2.21. The summed E-state index contributed by atoms with van der Waals surface area (Å²) in [5.41, 5.74) is 4.16. The highest BCUT2D eigenvalue weighted by Crippen LogP contribution is 2.30. The molecule has 3 aromatic heterocycles. The molecule has 34 heavy (non-hydrogen) atoms. The van der Waals surface area contributed by atoms with Gasteiger partial charge in [-0.05, 0) is 67.9 Å². The molecule has 6 nitrogen and oxygen atoms in total. The molecule has 1 fully saturated rings. The van der Waals surface area contributed by atoms with Crippen molar-refractivity contribution < 1.29 is 13.9 Å². The van der Waals surface area contributed by atoms with Gasteiger partial charge in [-0.1, -0.05) is 19.1 Å². The SMILES string of the molecule is C[C@H](CCCC(=O)c1c[nH]c2ncc(-c3ccnn3C3CCCCO3)cc12)c1cccc(F)c1. The minimum absolute atomic E-state index is 0.0677. The number of ketones is 1. The molecule has 5 rings (SSSR count). The third-order valence-corrected chi connectivity index (χ3v) is 6.68. The second-order valence-electron chi connectivity index (χ2n) is 9.08. The van der Waals surface area contributed by atoms with E-state index in [1.54, 1.807) is 24.5 Å². The molecule has 0 amide bonds.